The van der Waals surface area contributed by atoms with Crippen LogP contribution in [0.2, 0.25) is 10.0 Å². The van der Waals surface area contributed by atoms with Crippen LogP contribution < -0.4 is 10.9 Å². The summed E-state index contributed by atoms with van der Waals surface area (Å²) >= 11 is 12.2. The van der Waals surface area contributed by atoms with E-state index in [1.165, 1.54) is 24.6 Å². The van der Waals surface area contributed by atoms with Gasteiger partial charge >= 0.3 is 0 Å². The molecule has 38 heavy (non-hydrogen) atoms. The summed E-state index contributed by atoms with van der Waals surface area (Å²) in [5.74, 6) is -0.920. The topological polar surface area (TPSA) is 84.6 Å². The number of carbonyl (C=O) groups excluding carboxylic acids is 1. The second-order valence-corrected chi connectivity index (χ2v) is 9.30. The monoisotopic (exact) mass is 545 g/mol. The van der Waals surface area contributed by atoms with Crippen molar-refractivity contribution in [1.82, 2.24) is 10.4 Å². The lowest BCUT2D eigenvalue weighted by Crippen LogP contribution is -2.19. The Morgan fingerprint density at radius 3 is 2.26 bits per heavy atom. The summed E-state index contributed by atoms with van der Waals surface area (Å²) in [6, 6.07) is 19.2. The summed E-state index contributed by atoms with van der Waals surface area (Å²) in [5, 5.41) is 5.26. The lowest BCUT2D eigenvalue weighted by Gasteiger charge is -2.09. The maximum absolute atomic E-state index is 13.5. The van der Waals surface area contributed by atoms with Gasteiger partial charge in [0.25, 0.3) is 5.91 Å². The van der Waals surface area contributed by atoms with Gasteiger partial charge in [0, 0.05) is 26.7 Å². The third-order valence-corrected chi connectivity index (χ3v) is 6.48. The second-order valence-electron chi connectivity index (χ2n) is 8.46. The first kappa shape index (κ1) is 25.3. The van der Waals surface area contributed by atoms with Gasteiger partial charge in [-0.1, -0.05) is 35.3 Å². The number of halogens is 3. The van der Waals surface area contributed by atoms with Crippen molar-refractivity contribution in [2.75, 3.05) is 0 Å². The number of nitrogens with zero attached hydrogens (tertiary/aromatic N) is 2. The maximum atomic E-state index is 13.5. The zero-order chi connectivity index (χ0) is 26.8. The molecule has 6 nitrogen and oxygen atoms in total. The van der Waals surface area contributed by atoms with Crippen LogP contribution in [0.15, 0.2) is 93.4 Å². The van der Waals surface area contributed by atoms with Crippen molar-refractivity contribution in [1.29, 1.82) is 0 Å². The molecule has 0 bridgehead atoms. The van der Waals surface area contributed by atoms with E-state index in [4.69, 9.17) is 27.6 Å². The van der Waals surface area contributed by atoms with Crippen LogP contribution in [0, 0.1) is 12.7 Å². The Labute approximate surface area is 226 Å². The van der Waals surface area contributed by atoms with Crippen molar-refractivity contribution in [2.24, 2.45) is 5.10 Å². The van der Waals surface area contributed by atoms with Crippen molar-refractivity contribution in [3.05, 3.63) is 122 Å². The van der Waals surface area contributed by atoms with Crippen molar-refractivity contribution in [2.45, 2.75) is 6.92 Å². The molecular formula is C29H18Cl2FN3O3. The molecule has 1 N–H and O–H groups in total. The zero-order valence-corrected chi connectivity index (χ0v) is 21.3. The number of fused-ring (bicyclic) bond motifs is 1. The fraction of sp³-hybridized carbons (Fsp3) is 0.0345. The standard InChI is InChI=1S/C29H18Cl2FN3O3/c1-16-10-27-23(13-24(16)31)28(36)20(15-38-27)14-33-35-29(37)19-11-25(17-2-6-21(30)7-3-17)34-26(12-19)18-4-8-22(32)9-5-18/h2-15H,1H3,(H,35,37)/b33-14-. The summed E-state index contributed by atoms with van der Waals surface area (Å²) in [6.45, 7) is 1.81. The SMILES string of the molecule is Cc1cc2occ(/C=N\NC(=O)c3cc(-c4ccc(F)cc4)nc(-c4ccc(Cl)cc4)c3)c(=O)c2cc1Cl. The summed E-state index contributed by atoms with van der Waals surface area (Å²) in [7, 11) is 0. The van der Waals surface area contributed by atoms with Crippen LogP contribution in [0.25, 0.3) is 33.5 Å². The van der Waals surface area contributed by atoms with Crippen LogP contribution in [0.4, 0.5) is 4.39 Å². The first-order chi connectivity index (χ1) is 18.3. The number of pyridine rings is 1. The lowest BCUT2D eigenvalue weighted by atomic mass is 10.0. The third-order valence-electron chi connectivity index (χ3n) is 5.82. The lowest BCUT2D eigenvalue weighted by molar-refractivity contribution is 0.0955. The van der Waals surface area contributed by atoms with Gasteiger partial charge < -0.3 is 4.42 Å². The molecular weight excluding hydrogens is 528 g/mol. The van der Waals surface area contributed by atoms with Gasteiger partial charge in [-0.15, -0.1) is 0 Å². The van der Waals surface area contributed by atoms with E-state index >= 15 is 0 Å². The number of aromatic nitrogens is 1. The summed E-state index contributed by atoms with van der Waals surface area (Å²) in [4.78, 5) is 30.5. The molecule has 2 heterocycles. The van der Waals surface area contributed by atoms with E-state index in [0.717, 1.165) is 11.1 Å². The molecule has 0 atom stereocenters. The number of hydrogen-bond acceptors (Lipinski definition) is 5. The number of benzene rings is 3. The predicted molar refractivity (Wildman–Crippen MR) is 147 cm³/mol. The van der Waals surface area contributed by atoms with Gasteiger partial charge in [0.1, 0.15) is 17.7 Å². The van der Waals surface area contributed by atoms with E-state index in [-0.39, 0.29) is 22.4 Å². The Hall–Kier alpha value is -4.33. The summed E-state index contributed by atoms with van der Waals surface area (Å²) in [6.07, 6.45) is 2.48. The van der Waals surface area contributed by atoms with Crippen molar-refractivity contribution >= 4 is 46.3 Å². The Morgan fingerprint density at radius 1 is 0.974 bits per heavy atom. The molecule has 5 rings (SSSR count). The summed E-state index contributed by atoms with van der Waals surface area (Å²) < 4.78 is 19.0. The van der Waals surface area contributed by atoms with E-state index in [1.807, 2.05) is 6.92 Å². The van der Waals surface area contributed by atoms with E-state index in [0.29, 0.717) is 38.0 Å². The van der Waals surface area contributed by atoms with Crippen LogP contribution in [0.1, 0.15) is 21.5 Å². The molecule has 9 heteroatoms. The molecule has 0 saturated heterocycles. The highest BCUT2D eigenvalue weighted by Crippen LogP contribution is 2.26. The number of rotatable bonds is 5. The average molecular weight is 546 g/mol. The highest BCUT2D eigenvalue weighted by atomic mass is 35.5. The molecule has 0 aliphatic heterocycles. The van der Waals surface area contributed by atoms with Crippen LogP contribution in [-0.4, -0.2) is 17.1 Å². The van der Waals surface area contributed by atoms with Gasteiger partial charge in [-0.05, 0) is 73.2 Å². The van der Waals surface area contributed by atoms with Gasteiger partial charge in [0.15, 0.2) is 0 Å². The zero-order valence-electron chi connectivity index (χ0n) is 19.8. The largest absolute Gasteiger partial charge is 0.463 e. The molecule has 1 amide bonds. The van der Waals surface area contributed by atoms with Gasteiger partial charge in [-0.25, -0.2) is 14.8 Å². The summed E-state index contributed by atoms with van der Waals surface area (Å²) in [5.41, 5.74) is 6.02. The Bertz CT molecular complexity index is 1700. The van der Waals surface area contributed by atoms with E-state index < -0.39 is 5.91 Å². The molecule has 0 radical (unpaired) electrons. The molecule has 0 fully saturated rings. The van der Waals surface area contributed by atoms with E-state index in [1.54, 1.807) is 60.7 Å². The molecule has 188 valence electrons. The van der Waals surface area contributed by atoms with Crippen molar-refractivity contribution in [3.8, 4) is 22.5 Å². The minimum Gasteiger partial charge on any atom is -0.463 e. The van der Waals surface area contributed by atoms with Gasteiger partial charge in [0.05, 0.1) is 28.6 Å². The molecule has 5 aromatic rings. The highest BCUT2D eigenvalue weighted by molar-refractivity contribution is 6.32. The van der Waals surface area contributed by atoms with Crippen molar-refractivity contribution < 1.29 is 13.6 Å². The highest BCUT2D eigenvalue weighted by Gasteiger charge is 2.13. The van der Waals surface area contributed by atoms with Crippen LogP contribution >= 0.6 is 23.2 Å². The van der Waals surface area contributed by atoms with Crippen LogP contribution in [0.3, 0.4) is 0 Å². The Kier molecular flexibility index (Phi) is 7.05. The van der Waals surface area contributed by atoms with E-state index in [9.17, 15) is 14.0 Å². The molecule has 2 aromatic heterocycles. The molecule has 3 aromatic carbocycles. The second kappa shape index (κ2) is 10.6. The van der Waals surface area contributed by atoms with E-state index in [2.05, 4.69) is 15.5 Å². The number of amides is 1. The molecule has 0 saturated carbocycles. The molecule has 0 spiro atoms. The predicted octanol–water partition coefficient (Wildman–Crippen LogP) is 7.04. The Morgan fingerprint density at radius 2 is 1.61 bits per heavy atom. The first-order valence-corrected chi connectivity index (χ1v) is 12.1. The normalized spacial score (nSPS) is 11.3. The van der Waals surface area contributed by atoms with Gasteiger partial charge in [-0.3, -0.25) is 9.59 Å². The van der Waals surface area contributed by atoms with Crippen molar-refractivity contribution in [3.63, 3.8) is 0 Å². The molecule has 0 unspecified atom stereocenters. The third kappa shape index (κ3) is 5.34. The number of hydrogen-bond donors (Lipinski definition) is 1. The number of aryl methyl sites for hydroxylation is 1. The Balaban J connectivity index is 1.46. The quantitative estimate of drug-likeness (QED) is 0.189. The smallest absolute Gasteiger partial charge is 0.271 e. The molecule has 0 aliphatic carbocycles. The number of nitrogens with one attached hydrogen (secondary N) is 1. The fourth-order valence-electron chi connectivity index (χ4n) is 3.78. The maximum Gasteiger partial charge on any atom is 0.271 e. The molecule has 0 aliphatic rings. The van der Waals surface area contributed by atoms with Gasteiger partial charge in [0.2, 0.25) is 5.43 Å². The first-order valence-electron chi connectivity index (χ1n) is 11.4. The number of carbonyl (C=O) groups is 1. The van der Waals surface area contributed by atoms with Crippen LogP contribution in [0.5, 0.6) is 0 Å². The minimum atomic E-state index is -0.536. The van der Waals surface area contributed by atoms with Crippen LogP contribution in [-0.2, 0) is 0 Å². The fourth-order valence-corrected chi connectivity index (χ4v) is 4.07. The average Bonchev–Trinajstić information content (AvgIpc) is 2.91. The van der Waals surface area contributed by atoms with Gasteiger partial charge in [-0.2, -0.15) is 5.10 Å². The number of hydrazone groups is 1. The minimum absolute atomic E-state index is 0.140.